The summed E-state index contributed by atoms with van der Waals surface area (Å²) in [5.74, 6) is -5.43. The molecule has 30 heavy (non-hydrogen) atoms. The van der Waals surface area contributed by atoms with Crippen molar-refractivity contribution in [2.24, 2.45) is 23.3 Å². The number of aliphatic hydroxyl groups excluding tert-OH is 1. The number of nitrogens with two attached hydrogens (primary N) is 2. The van der Waals surface area contributed by atoms with E-state index in [1.165, 1.54) is 6.92 Å². The lowest BCUT2D eigenvalue weighted by atomic mass is 9.98. The van der Waals surface area contributed by atoms with Crippen molar-refractivity contribution in [3.05, 3.63) is 0 Å². The molecule has 12 heteroatoms. The number of hydrogen-bond donors (Lipinski definition) is 7. The van der Waals surface area contributed by atoms with Gasteiger partial charge in [-0.15, -0.1) is 0 Å². The molecule has 0 rings (SSSR count). The Morgan fingerprint density at radius 3 is 1.53 bits per heavy atom. The third kappa shape index (κ3) is 8.74. The molecule has 0 fully saturated rings. The Morgan fingerprint density at radius 1 is 0.800 bits per heavy atom. The summed E-state index contributed by atoms with van der Waals surface area (Å²) in [6.07, 6.45) is -1.74. The fraction of sp³-hybridized carbons (Fsp3) is 0.722. The van der Waals surface area contributed by atoms with E-state index in [4.69, 9.17) is 16.6 Å². The monoisotopic (exact) mass is 431 g/mol. The second-order valence-corrected chi connectivity index (χ2v) is 7.80. The van der Waals surface area contributed by atoms with E-state index in [0.29, 0.717) is 0 Å². The second-order valence-electron chi connectivity index (χ2n) is 7.80. The molecule has 0 heterocycles. The predicted octanol–water partition coefficient (Wildman–Crippen LogP) is -2.58. The van der Waals surface area contributed by atoms with Gasteiger partial charge >= 0.3 is 5.97 Å². The summed E-state index contributed by atoms with van der Waals surface area (Å²) < 4.78 is 0. The van der Waals surface area contributed by atoms with Crippen molar-refractivity contribution in [3.8, 4) is 0 Å². The summed E-state index contributed by atoms with van der Waals surface area (Å²) in [5, 5.41) is 25.7. The summed E-state index contributed by atoms with van der Waals surface area (Å²) in [5.41, 5.74) is 10.6. The number of carbonyl (C=O) groups excluding carboxylic acids is 4. The number of aliphatic hydroxyl groups is 1. The molecule has 0 aliphatic carbocycles. The van der Waals surface area contributed by atoms with E-state index in [1.807, 2.05) is 0 Å². The largest absolute Gasteiger partial charge is 0.480 e. The summed E-state index contributed by atoms with van der Waals surface area (Å²) >= 11 is 0. The number of carbonyl (C=O) groups is 5. The van der Waals surface area contributed by atoms with Gasteiger partial charge in [0.2, 0.25) is 23.6 Å². The van der Waals surface area contributed by atoms with Gasteiger partial charge in [0, 0.05) is 0 Å². The van der Waals surface area contributed by atoms with Gasteiger partial charge in [0.15, 0.2) is 0 Å². The first-order valence-electron chi connectivity index (χ1n) is 9.54. The Balaban J connectivity index is 5.39. The molecule has 0 aromatic rings. The lowest BCUT2D eigenvalue weighted by Crippen LogP contribution is -2.60. The molecule has 0 radical (unpaired) electrons. The van der Waals surface area contributed by atoms with Crippen molar-refractivity contribution in [1.29, 1.82) is 0 Å². The normalized spacial score (nSPS) is 16.2. The lowest BCUT2D eigenvalue weighted by Gasteiger charge is -2.28. The van der Waals surface area contributed by atoms with Crippen LogP contribution >= 0.6 is 0 Å². The highest BCUT2D eigenvalue weighted by atomic mass is 16.4. The van der Waals surface area contributed by atoms with Crippen molar-refractivity contribution in [1.82, 2.24) is 16.0 Å². The zero-order valence-electron chi connectivity index (χ0n) is 17.8. The molecule has 0 bridgehead atoms. The average Bonchev–Trinajstić information content (AvgIpc) is 2.60. The molecule has 5 unspecified atom stereocenters. The third-order valence-corrected chi connectivity index (χ3v) is 4.34. The number of amides is 4. The van der Waals surface area contributed by atoms with Gasteiger partial charge in [0.25, 0.3) is 0 Å². The van der Waals surface area contributed by atoms with E-state index >= 15 is 0 Å². The van der Waals surface area contributed by atoms with Crippen LogP contribution in [-0.4, -0.2) is 70.1 Å². The number of nitrogens with one attached hydrogen (secondary N) is 3. The smallest absolute Gasteiger partial charge is 0.326 e. The molecule has 0 aliphatic heterocycles. The standard InChI is InChI=1S/C18H33N5O7/c1-7(2)13(16(27)21-10(18(29)30)6-11(19)25)23-17(28)14(8(3)4)22-15(26)12(20)9(5)24/h7-10,12-14,24H,6,20H2,1-5H3,(H2,19,25)(H,21,27)(H,22,26)(H,23,28)(H,29,30). The number of hydrogen-bond acceptors (Lipinski definition) is 7. The average molecular weight is 431 g/mol. The zero-order valence-corrected chi connectivity index (χ0v) is 17.8. The topological polar surface area (TPSA) is 214 Å². The Hall–Kier alpha value is -2.73. The Morgan fingerprint density at radius 2 is 1.20 bits per heavy atom. The number of primary amides is 1. The van der Waals surface area contributed by atoms with Crippen molar-refractivity contribution in [2.75, 3.05) is 0 Å². The minimum Gasteiger partial charge on any atom is -0.480 e. The molecular weight excluding hydrogens is 398 g/mol. The molecule has 0 saturated carbocycles. The number of carboxylic acids is 1. The van der Waals surface area contributed by atoms with Crippen molar-refractivity contribution in [3.63, 3.8) is 0 Å². The third-order valence-electron chi connectivity index (χ3n) is 4.34. The highest BCUT2D eigenvalue weighted by Gasteiger charge is 2.33. The molecule has 5 atom stereocenters. The van der Waals surface area contributed by atoms with Gasteiger partial charge in [-0.2, -0.15) is 0 Å². The summed E-state index contributed by atoms with van der Waals surface area (Å²) in [7, 11) is 0. The van der Waals surface area contributed by atoms with Crippen LogP contribution in [-0.2, 0) is 24.0 Å². The van der Waals surface area contributed by atoms with Crippen LogP contribution in [0.4, 0.5) is 0 Å². The van der Waals surface area contributed by atoms with Crippen molar-refractivity contribution < 1.29 is 34.2 Å². The molecule has 0 aromatic heterocycles. The fourth-order valence-electron chi connectivity index (χ4n) is 2.44. The molecule has 0 spiro atoms. The highest BCUT2D eigenvalue weighted by Crippen LogP contribution is 2.08. The van der Waals surface area contributed by atoms with Crippen LogP contribution in [0.15, 0.2) is 0 Å². The number of carboxylic acid groups (broad SMARTS) is 1. The molecule has 12 nitrogen and oxygen atoms in total. The molecule has 0 aromatic carbocycles. The Kier molecular flexibility index (Phi) is 11.0. The molecule has 0 saturated heterocycles. The molecule has 4 amide bonds. The van der Waals surface area contributed by atoms with Gasteiger partial charge in [-0.05, 0) is 18.8 Å². The second kappa shape index (κ2) is 12.1. The van der Waals surface area contributed by atoms with Gasteiger partial charge < -0.3 is 37.6 Å². The quantitative estimate of drug-likeness (QED) is 0.174. The van der Waals surface area contributed by atoms with Gasteiger partial charge in [-0.1, -0.05) is 27.7 Å². The maximum Gasteiger partial charge on any atom is 0.326 e. The summed E-state index contributed by atoms with van der Waals surface area (Å²) in [6, 6.07) is -4.99. The van der Waals surface area contributed by atoms with Crippen LogP contribution in [0.25, 0.3) is 0 Å². The van der Waals surface area contributed by atoms with Crippen LogP contribution in [0.2, 0.25) is 0 Å². The van der Waals surface area contributed by atoms with Crippen LogP contribution < -0.4 is 27.4 Å². The van der Waals surface area contributed by atoms with Gasteiger partial charge in [-0.3, -0.25) is 19.2 Å². The lowest BCUT2D eigenvalue weighted by molar-refractivity contribution is -0.144. The Labute approximate surface area is 175 Å². The summed E-state index contributed by atoms with van der Waals surface area (Å²) in [4.78, 5) is 59.6. The number of rotatable bonds is 12. The minimum absolute atomic E-state index is 0.382. The Bertz CT molecular complexity index is 651. The zero-order chi connectivity index (χ0) is 23.8. The van der Waals surface area contributed by atoms with Gasteiger partial charge in [0.1, 0.15) is 24.2 Å². The molecular formula is C18H33N5O7. The van der Waals surface area contributed by atoms with Crippen molar-refractivity contribution >= 4 is 29.6 Å². The van der Waals surface area contributed by atoms with E-state index in [-0.39, 0.29) is 5.92 Å². The maximum absolute atomic E-state index is 12.7. The molecule has 172 valence electrons. The number of aliphatic carboxylic acids is 1. The predicted molar refractivity (Wildman–Crippen MR) is 107 cm³/mol. The van der Waals surface area contributed by atoms with Crippen LogP contribution in [0.3, 0.4) is 0 Å². The van der Waals surface area contributed by atoms with Gasteiger partial charge in [0.05, 0.1) is 12.5 Å². The van der Waals surface area contributed by atoms with E-state index in [2.05, 4.69) is 16.0 Å². The SMILES string of the molecule is CC(C)C(NC(=O)C(N)C(C)O)C(=O)NC(C(=O)NC(CC(N)=O)C(=O)O)C(C)C. The van der Waals surface area contributed by atoms with Crippen LogP contribution in [0.1, 0.15) is 41.0 Å². The van der Waals surface area contributed by atoms with Crippen LogP contribution in [0.5, 0.6) is 0 Å². The summed E-state index contributed by atoms with van der Waals surface area (Å²) in [6.45, 7) is 7.91. The molecule has 0 aliphatic rings. The first-order valence-corrected chi connectivity index (χ1v) is 9.54. The first kappa shape index (κ1) is 27.3. The van der Waals surface area contributed by atoms with E-state index in [1.54, 1.807) is 27.7 Å². The van der Waals surface area contributed by atoms with E-state index < -0.39 is 72.2 Å². The van der Waals surface area contributed by atoms with Gasteiger partial charge in [-0.25, -0.2) is 4.79 Å². The fourth-order valence-corrected chi connectivity index (χ4v) is 2.44. The van der Waals surface area contributed by atoms with E-state index in [9.17, 15) is 29.1 Å². The van der Waals surface area contributed by atoms with Crippen LogP contribution in [0, 0.1) is 11.8 Å². The molecule has 9 N–H and O–H groups in total. The van der Waals surface area contributed by atoms with E-state index in [0.717, 1.165) is 0 Å². The van der Waals surface area contributed by atoms with Crippen molar-refractivity contribution in [2.45, 2.75) is 71.3 Å². The highest BCUT2D eigenvalue weighted by molar-refractivity contribution is 5.95. The minimum atomic E-state index is -1.54. The maximum atomic E-state index is 12.7. The first-order chi connectivity index (χ1) is 13.7.